The van der Waals surface area contributed by atoms with E-state index in [-0.39, 0.29) is 0 Å². The molecule has 1 aromatic rings. The van der Waals surface area contributed by atoms with Crippen LogP contribution in [0.3, 0.4) is 0 Å². The molecule has 1 rings (SSSR count). The first-order chi connectivity index (χ1) is 7.74. The molecular weight excluding hydrogens is 226 g/mol. The summed E-state index contributed by atoms with van der Waals surface area (Å²) in [5, 5.41) is 18.5. The van der Waals surface area contributed by atoms with Crippen LogP contribution in [0.15, 0.2) is 27.7 Å². The molecule has 88 valence electrons. The lowest BCUT2D eigenvalue weighted by molar-refractivity contribution is -0.138. The van der Waals surface area contributed by atoms with Crippen LogP contribution in [0.4, 0.5) is 0 Å². The van der Waals surface area contributed by atoms with Crippen LogP contribution in [0, 0.1) is 0 Å². The molecule has 0 saturated carbocycles. The van der Waals surface area contributed by atoms with Gasteiger partial charge in [0.25, 0.3) is 0 Å². The molecule has 6 heteroatoms. The van der Waals surface area contributed by atoms with Gasteiger partial charge in [0.05, 0.1) is 6.54 Å². The zero-order valence-corrected chi connectivity index (χ0v) is 9.69. The summed E-state index contributed by atoms with van der Waals surface area (Å²) in [6, 6.07) is 3.11. The summed E-state index contributed by atoms with van der Waals surface area (Å²) < 4.78 is 0. The predicted molar refractivity (Wildman–Crippen MR) is 62.6 cm³/mol. The summed E-state index contributed by atoms with van der Waals surface area (Å²) in [7, 11) is 0. The first-order valence-corrected chi connectivity index (χ1v) is 5.94. The van der Waals surface area contributed by atoms with Gasteiger partial charge in [0.2, 0.25) is 0 Å². The van der Waals surface area contributed by atoms with Gasteiger partial charge >= 0.3 is 5.97 Å². The summed E-state index contributed by atoms with van der Waals surface area (Å²) in [5.74, 6) is -0.941. The fourth-order valence-electron chi connectivity index (χ4n) is 1.15. The highest BCUT2D eigenvalue weighted by Crippen LogP contribution is 2.11. The summed E-state index contributed by atoms with van der Waals surface area (Å²) in [6.07, 6.45) is 1.09. The summed E-state index contributed by atoms with van der Waals surface area (Å²) in [4.78, 5) is 11.9. The van der Waals surface area contributed by atoms with Crippen molar-refractivity contribution in [1.82, 2.24) is 0 Å². The average Bonchev–Trinajstić information content (AvgIpc) is 2.75. The van der Waals surface area contributed by atoms with E-state index in [0.29, 0.717) is 25.9 Å². The summed E-state index contributed by atoms with van der Waals surface area (Å²) >= 11 is 1.58. The maximum atomic E-state index is 10.8. The number of thiophene rings is 1. The first-order valence-electron chi connectivity index (χ1n) is 5.06. The molecular formula is C10H15N3O2S. The lowest BCUT2D eigenvalue weighted by Gasteiger charge is -2.03. The third-order valence-corrected chi connectivity index (χ3v) is 2.86. The molecule has 0 unspecified atom stereocenters. The van der Waals surface area contributed by atoms with Crippen LogP contribution < -0.4 is 5.73 Å². The molecule has 1 atom stereocenters. The maximum Gasteiger partial charge on any atom is 0.330 e. The SMILES string of the molecule is NCCC[C@H](/N=N\Cc1cccs1)C(=O)O. The van der Waals surface area contributed by atoms with Crippen LogP contribution in [0.2, 0.25) is 0 Å². The Morgan fingerprint density at radius 2 is 2.44 bits per heavy atom. The molecule has 0 aliphatic rings. The highest BCUT2D eigenvalue weighted by Gasteiger charge is 2.15. The van der Waals surface area contributed by atoms with Gasteiger partial charge in [0.1, 0.15) is 0 Å². The smallest absolute Gasteiger partial charge is 0.330 e. The average molecular weight is 241 g/mol. The molecule has 0 aromatic carbocycles. The van der Waals surface area contributed by atoms with E-state index >= 15 is 0 Å². The Hall–Kier alpha value is -1.27. The van der Waals surface area contributed by atoms with Crippen molar-refractivity contribution in [3.05, 3.63) is 22.4 Å². The van der Waals surface area contributed by atoms with Gasteiger partial charge in [-0.25, -0.2) is 4.79 Å². The molecule has 0 spiro atoms. The first kappa shape index (κ1) is 12.8. The maximum absolute atomic E-state index is 10.8. The van der Waals surface area contributed by atoms with E-state index in [1.165, 1.54) is 0 Å². The fourth-order valence-corrected chi connectivity index (χ4v) is 1.77. The Labute approximate surface area is 98.0 Å². The Balaban J connectivity index is 2.41. The van der Waals surface area contributed by atoms with Crippen molar-refractivity contribution in [3.8, 4) is 0 Å². The van der Waals surface area contributed by atoms with E-state index in [1.54, 1.807) is 11.3 Å². The molecule has 1 heterocycles. The van der Waals surface area contributed by atoms with E-state index in [1.807, 2.05) is 17.5 Å². The van der Waals surface area contributed by atoms with Gasteiger partial charge < -0.3 is 10.8 Å². The molecule has 0 bridgehead atoms. The van der Waals surface area contributed by atoms with Crippen molar-refractivity contribution in [2.24, 2.45) is 16.0 Å². The molecule has 0 fully saturated rings. The molecule has 0 saturated heterocycles. The monoisotopic (exact) mass is 241 g/mol. The van der Waals surface area contributed by atoms with Crippen LogP contribution in [0.5, 0.6) is 0 Å². The topological polar surface area (TPSA) is 88.0 Å². The van der Waals surface area contributed by atoms with Crippen LogP contribution in [0.25, 0.3) is 0 Å². The largest absolute Gasteiger partial charge is 0.480 e. The number of hydrogen-bond donors (Lipinski definition) is 2. The predicted octanol–water partition coefficient (Wildman–Crippen LogP) is 1.89. The highest BCUT2D eigenvalue weighted by molar-refractivity contribution is 7.09. The number of nitrogens with zero attached hydrogens (tertiary/aromatic N) is 2. The summed E-state index contributed by atoms with van der Waals surface area (Å²) in [5.41, 5.74) is 5.32. The van der Waals surface area contributed by atoms with Crippen molar-refractivity contribution in [2.75, 3.05) is 6.54 Å². The molecule has 1 aromatic heterocycles. The quantitative estimate of drug-likeness (QED) is 0.714. The van der Waals surface area contributed by atoms with Crippen molar-refractivity contribution >= 4 is 17.3 Å². The van der Waals surface area contributed by atoms with Gasteiger partial charge in [-0.05, 0) is 30.8 Å². The van der Waals surface area contributed by atoms with Gasteiger partial charge in [0.15, 0.2) is 6.04 Å². The van der Waals surface area contributed by atoms with Gasteiger partial charge in [-0.2, -0.15) is 10.2 Å². The number of azo groups is 1. The van der Waals surface area contributed by atoms with Crippen molar-refractivity contribution < 1.29 is 9.90 Å². The molecule has 3 N–H and O–H groups in total. The summed E-state index contributed by atoms with van der Waals surface area (Å²) in [6.45, 7) is 0.925. The Morgan fingerprint density at radius 1 is 1.62 bits per heavy atom. The number of hydrogen-bond acceptors (Lipinski definition) is 5. The molecule has 0 aliphatic heterocycles. The number of carboxylic acids is 1. The fraction of sp³-hybridized carbons (Fsp3) is 0.500. The number of nitrogens with two attached hydrogens (primary N) is 1. The number of carboxylic acid groups (broad SMARTS) is 1. The van der Waals surface area contributed by atoms with E-state index in [0.717, 1.165) is 4.88 Å². The Morgan fingerprint density at radius 3 is 3.00 bits per heavy atom. The van der Waals surface area contributed by atoms with Crippen LogP contribution in [-0.2, 0) is 11.3 Å². The third kappa shape index (κ3) is 4.50. The number of carbonyl (C=O) groups is 1. The van der Waals surface area contributed by atoms with Crippen LogP contribution >= 0.6 is 11.3 Å². The van der Waals surface area contributed by atoms with Gasteiger partial charge in [-0.1, -0.05) is 6.07 Å². The molecule has 16 heavy (non-hydrogen) atoms. The standard InChI is InChI=1S/C10H15N3O2S/c11-5-1-4-9(10(14)15)13-12-7-8-3-2-6-16-8/h2-3,6,9H,1,4-5,7,11H2,(H,14,15)/b13-12-/t9-/m0/s1. The van der Waals surface area contributed by atoms with E-state index in [9.17, 15) is 4.79 Å². The van der Waals surface area contributed by atoms with E-state index < -0.39 is 12.0 Å². The zero-order valence-electron chi connectivity index (χ0n) is 8.87. The minimum absolute atomic E-state index is 0.444. The Bertz CT molecular complexity index is 338. The Kier molecular flexibility index (Phi) is 5.66. The highest BCUT2D eigenvalue weighted by atomic mass is 32.1. The van der Waals surface area contributed by atoms with Gasteiger partial charge in [0, 0.05) is 4.88 Å². The van der Waals surface area contributed by atoms with Gasteiger partial charge in [-0.3, -0.25) is 0 Å². The second-order valence-corrected chi connectivity index (χ2v) is 4.31. The molecule has 0 amide bonds. The van der Waals surface area contributed by atoms with Crippen molar-refractivity contribution in [2.45, 2.75) is 25.4 Å². The van der Waals surface area contributed by atoms with Gasteiger partial charge in [-0.15, -0.1) is 11.3 Å². The van der Waals surface area contributed by atoms with E-state index in [4.69, 9.17) is 10.8 Å². The second kappa shape index (κ2) is 7.08. The lowest BCUT2D eigenvalue weighted by Crippen LogP contribution is -2.18. The molecule has 0 aliphatic carbocycles. The third-order valence-electron chi connectivity index (χ3n) is 1.99. The second-order valence-electron chi connectivity index (χ2n) is 3.28. The van der Waals surface area contributed by atoms with Crippen LogP contribution in [-0.4, -0.2) is 23.7 Å². The van der Waals surface area contributed by atoms with Crippen molar-refractivity contribution in [3.63, 3.8) is 0 Å². The molecule has 0 radical (unpaired) electrons. The lowest BCUT2D eigenvalue weighted by atomic mass is 10.2. The normalized spacial score (nSPS) is 13.1. The van der Waals surface area contributed by atoms with Crippen molar-refractivity contribution in [1.29, 1.82) is 0 Å². The van der Waals surface area contributed by atoms with Crippen LogP contribution in [0.1, 0.15) is 17.7 Å². The minimum atomic E-state index is -0.941. The minimum Gasteiger partial charge on any atom is -0.480 e. The van der Waals surface area contributed by atoms with E-state index in [2.05, 4.69) is 10.2 Å². The number of rotatable bonds is 7. The number of aliphatic carboxylic acids is 1. The molecule has 5 nitrogen and oxygen atoms in total. The zero-order chi connectivity index (χ0) is 11.8.